The summed E-state index contributed by atoms with van der Waals surface area (Å²) < 4.78 is 32.2. The minimum absolute atomic E-state index is 0.186. The molecule has 0 amide bonds. The summed E-state index contributed by atoms with van der Waals surface area (Å²) >= 11 is 0. The van der Waals surface area contributed by atoms with Crippen LogP contribution < -0.4 is 0 Å². The first-order valence-corrected chi connectivity index (χ1v) is 11.4. The Morgan fingerprint density at radius 3 is 2.68 bits per heavy atom. The number of aryl methyl sites for hydroxylation is 2. The van der Waals surface area contributed by atoms with Gasteiger partial charge >= 0.3 is 0 Å². The molecular formula is C22H26N2O3S. The Balaban J connectivity index is 1.84. The van der Waals surface area contributed by atoms with E-state index in [-0.39, 0.29) is 17.1 Å². The molecule has 0 aliphatic heterocycles. The molecule has 2 heterocycles. The molecule has 0 N–H and O–H groups in total. The third-order valence-electron chi connectivity index (χ3n) is 5.87. The molecule has 4 rings (SSSR count). The third kappa shape index (κ3) is 3.46. The lowest BCUT2D eigenvalue weighted by atomic mass is 9.91. The monoisotopic (exact) mass is 398 g/mol. The number of hydrogen-bond acceptors (Lipinski definition) is 5. The second kappa shape index (κ2) is 6.69. The van der Waals surface area contributed by atoms with Gasteiger partial charge in [-0.1, -0.05) is 19.0 Å². The first-order chi connectivity index (χ1) is 13.2. The predicted molar refractivity (Wildman–Crippen MR) is 110 cm³/mol. The van der Waals surface area contributed by atoms with Gasteiger partial charge < -0.3 is 4.52 Å². The molecule has 0 bridgehead atoms. The number of aromatic nitrogens is 2. The molecule has 1 aliphatic rings. The van der Waals surface area contributed by atoms with Gasteiger partial charge in [-0.25, -0.2) is 8.42 Å². The van der Waals surface area contributed by atoms with Gasteiger partial charge in [0.1, 0.15) is 5.76 Å². The van der Waals surface area contributed by atoms with Crippen LogP contribution in [0.1, 0.15) is 44.6 Å². The lowest BCUT2D eigenvalue weighted by Gasteiger charge is -2.17. The highest BCUT2D eigenvalue weighted by atomic mass is 32.2. The molecule has 1 aromatic carbocycles. The first-order valence-electron chi connectivity index (χ1n) is 9.71. The molecule has 0 spiro atoms. The van der Waals surface area contributed by atoms with E-state index in [0.29, 0.717) is 21.6 Å². The molecule has 1 saturated carbocycles. The molecule has 6 heteroatoms. The maximum absolute atomic E-state index is 13.4. The predicted octanol–water partition coefficient (Wildman–Crippen LogP) is 5.11. The summed E-state index contributed by atoms with van der Waals surface area (Å²) in [6, 6.07) is 7.31. The van der Waals surface area contributed by atoms with E-state index in [9.17, 15) is 8.42 Å². The third-order valence-corrected chi connectivity index (χ3v) is 7.78. The minimum Gasteiger partial charge on any atom is -0.361 e. The van der Waals surface area contributed by atoms with Crippen LogP contribution in [-0.4, -0.2) is 24.3 Å². The van der Waals surface area contributed by atoms with Gasteiger partial charge in [0.25, 0.3) is 0 Å². The van der Waals surface area contributed by atoms with E-state index in [2.05, 4.69) is 24.0 Å². The van der Waals surface area contributed by atoms with E-state index in [4.69, 9.17) is 4.52 Å². The summed E-state index contributed by atoms with van der Waals surface area (Å²) in [5.41, 5.74) is 3.26. The van der Waals surface area contributed by atoms with Crippen LogP contribution in [0.3, 0.4) is 0 Å². The van der Waals surface area contributed by atoms with E-state index >= 15 is 0 Å². The first kappa shape index (κ1) is 19.1. The SMILES string of the molecule is Cc1noc(C)c1-c1cc(S(=O)(=O)CC2CCC(C)(C)C2)c2cccnc2c1. The number of nitrogens with zero attached hydrogens (tertiary/aromatic N) is 2. The molecule has 28 heavy (non-hydrogen) atoms. The average molecular weight is 399 g/mol. The fourth-order valence-corrected chi connectivity index (χ4v) is 6.47. The Hall–Kier alpha value is -2.21. The van der Waals surface area contributed by atoms with Crippen LogP contribution in [0.2, 0.25) is 0 Å². The van der Waals surface area contributed by atoms with E-state index in [1.807, 2.05) is 26.0 Å². The molecule has 2 aromatic heterocycles. The number of sulfone groups is 1. The van der Waals surface area contributed by atoms with Crippen molar-refractivity contribution in [3.8, 4) is 11.1 Å². The molecule has 1 atom stereocenters. The van der Waals surface area contributed by atoms with Crippen LogP contribution >= 0.6 is 0 Å². The van der Waals surface area contributed by atoms with Gasteiger partial charge in [0.15, 0.2) is 9.84 Å². The Morgan fingerprint density at radius 1 is 1.25 bits per heavy atom. The molecule has 1 fully saturated rings. The number of pyridine rings is 1. The van der Waals surface area contributed by atoms with Crippen molar-refractivity contribution in [2.45, 2.75) is 51.9 Å². The standard InChI is InChI=1S/C22H26N2O3S/c1-14-21(15(2)27-24-14)17-10-19-18(6-5-9-23-19)20(11-17)28(25,26)13-16-7-8-22(3,4)12-16/h5-6,9-11,16H,7-8,12-13H2,1-4H3. The second-order valence-corrected chi connectivity index (χ2v) is 10.8. The van der Waals surface area contributed by atoms with E-state index < -0.39 is 9.84 Å². The van der Waals surface area contributed by atoms with Gasteiger partial charge in [0, 0.05) is 17.1 Å². The summed E-state index contributed by atoms with van der Waals surface area (Å²) in [7, 11) is -3.45. The highest BCUT2D eigenvalue weighted by molar-refractivity contribution is 7.91. The second-order valence-electron chi connectivity index (χ2n) is 8.80. The Kier molecular flexibility index (Phi) is 4.57. The Bertz CT molecular complexity index is 1130. The summed E-state index contributed by atoms with van der Waals surface area (Å²) in [5, 5.41) is 4.69. The molecule has 148 valence electrons. The van der Waals surface area contributed by atoms with Gasteiger partial charge in [-0.2, -0.15) is 0 Å². The van der Waals surface area contributed by atoms with Crippen molar-refractivity contribution in [1.29, 1.82) is 0 Å². The van der Waals surface area contributed by atoms with Gasteiger partial charge in [0.05, 0.1) is 21.9 Å². The van der Waals surface area contributed by atoms with E-state index in [1.165, 1.54) is 0 Å². The van der Waals surface area contributed by atoms with Crippen LogP contribution in [0.25, 0.3) is 22.0 Å². The zero-order chi connectivity index (χ0) is 20.1. The molecule has 1 aliphatic carbocycles. The molecule has 0 radical (unpaired) electrons. The van der Waals surface area contributed by atoms with Crippen molar-refractivity contribution < 1.29 is 12.9 Å². The quantitative estimate of drug-likeness (QED) is 0.611. The van der Waals surface area contributed by atoms with Crippen molar-refractivity contribution in [2.24, 2.45) is 11.3 Å². The number of benzene rings is 1. The van der Waals surface area contributed by atoms with Crippen molar-refractivity contribution in [2.75, 3.05) is 5.75 Å². The minimum atomic E-state index is -3.45. The van der Waals surface area contributed by atoms with Crippen LogP contribution in [-0.2, 0) is 9.84 Å². The van der Waals surface area contributed by atoms with Crippen LogP contribution in [0.15, 0.2) is 39.9 Å². The van der Waals surface area contributed by atoms with Crippen molar-refractivity contribution in [3.63, 3.8) is 0 Å². The summed E-state index contributed by atoms with van der Waals surface area (Å²) in [4.78, 5) is 4.78. The van der Waals surface area contributed by atoms with E-state index in [1.54, 1.807) is 18.3 Å². The van der Waals surface area contributed by atoms with Gasteiger partial charge in [0.2, 0.25) is 0 Å². The molecule has 3 aromatic rings. The van der Waals surface area contributed by atoms with Gasteiger partial charge in [-0.15, -0.1) is 0 Å². The molecule has 1 unspecified atom stereocenters. The lowest BCUT2D eigenvalue weighted by molar-refractivity contribution is 0.367. The summed E-state index contributed by atoms with van der Waals surface area (Å²) in [6.07, 6.45) is 4.68. The normalized spacial score (nSPS) is 19.4. The van der Waals surface area contributed by atoms with Crippen LogP contribution in [0, 0.1) is 25.2 Å². The summed E-state index contributed by atoms with van der Waals surface area (Å²) in [6.45, 7) is 8.14. The summed E-state index contributed by atoms with van der Waals surface area (Å²) in [5.74, 6) is 1.06. The Labute approximate surface area is 166 Å². The highest BCUT2D eigenvalue weighted by Crippen LogP contribution is 2.42. The molecule has 0 saturated heterocycles. The lowest BCUT2D eigenvalue weighted by Crippen LogP contribution is -2.16. The fraction of sp³-hybridized carbons (Fsp3) is 0.455. The number of fused-ring (bicyclic) bond motifs is 1. The van der Waals surface area contributed by atoms with Crippen molar-refractivity contribution in [3.05, 3.63) is 41.9 Å². The topological polar surface area (TPSA) is 73.1 Å². The number of rotatable bonds is 4. The van der Waals surface area contributed by atoms with Crippen molar-refractivity contribution in [1.82, 2.24) is 10.1 Å². The molecular weight excluding hydrogens is 372 g/mol. The van der Waals surface area contributed by atoms with Crippen molar-refractivity contribution >= 4 is 20.7 Å². The average Bonchev–Trinajstić information content (AvgIpc) is 3.14. The fourth-order valence-electron chi connectivity index (χ4n) is 4.57. The molecule has 5 nitrogen and oxygen atoms in total. The number of hydrogen-bond donors (Lipinski definition) is 0. The Morgan fingerprint density at radius 2 is 2.04 bits per heavy atom. The smallest absolute Gasteiger partial charge is 0.179 e. The van der Waals surface area contributed by atoms with Gasteiger partial charge in [-0.3, -0.25) is 4.98 Å². The largest absolute Gasteiger partial charge is 0.361 e. The zero-order valence-electron chi connectivity index (χ0n) is 16.8. The maximum Gasteiger partial charge on any atom is 0.179 e. The highest BCUT2D eigenvalue weighted by Gasteiger charge is 2.34. The zero-order valence-corrected chi connectivity index (χ0v) is 17.6. The maximum atomic E-state index is 13.4. The van der Waals surface area contributed by atoms with E-state index in [0.717, 1.165) is 36.1 Å². The van der Waals surface area contributed by atoms with Crippen LogP contribution in [0.4, 0.5) is 0 Å². The van der Waals surface area contributed by atoms with Crippen LogP contribution in [0.5, 0.6) is 0 Å². The van der Waals surface area contributed by atoms with Gasteiger partial charge in [-0.05, 0) is 74.3 Å².